The summed E-state index contributed by atoms with van der Waals surface area (Å²) >= 11 is 0. The van der Waals surface area contributed by atoms with Gasteiger partial charge in [0.1, 0.15) is 0 Å². The molecule has 3 N–H and O–H groups in total. The minimum absolute atomic E-state index is 0. The molecule has 1 aromatic rings. The van der Waals surface area contributed by atoms with Crippen LogP contribution in [0.1, 0.15) is 12.8 Å². The molecular weight excluding hydrogens is 341 g/mol. The highest BCUT2D eigenvalue weighted by Crippen LogP contribution is 2.27. The summed E-state index contributed by atoms with van der Waals surface area (Å²) in [5, 5.41) is 9.69. The van der Waals surface area contributed by atoms with Gasteiger partial charge in [0.2, 0.25) is 11.9 Å². The van der Waals surface area contributed by atoms with Gasteiger partial charge in [-0.3, -0.25) is 4.79 Å². The van der Waals surface area contributed by atoms with E-state index in [0.29, 0.717) is 31.9 Å². The summed E-state index contributed by atoms with van der Waals surface area (Å²) in [7, 11) is 0. The zero-order valence-corrected chi connectivity index (χ0v) is 14.4. The van der Waals surface area contributed by atoms with E-state index in [1.165, 1.54) is 0 Å². The number of nitrogens with two attached hydrogens (primary N) is 1. The average Bonchev–Trinajstić information content (AvgIpc) is 2.87. The number of hydrogen-bond acceptors (Lipinski definition) is 6. The van der Waals surface area contributed by atoms with E-state index in [4.69, 9.17) is 5.73 Å². The minimum Gasteiger partial charge on any atom is -0.391 e. The Morgan fingerprint density at radius 3 is 2.26 bits per heavy atom. The Hall–Kier alpha value is -1.15. The Bertz CT molecular complexity index is 489. The van der Waals surface area contributed by atoms with Gasteiger partial charge in [-0.1, -0.05) is 0 Å². The van der Waals surface area contributed by atoms with Crippen molar-refractivity contribution < 1.29 is 9.90 Å². The molecule has 1 aliphatic heterocycles. The SMILES string of the molecule is Cl.Cl.N[C@@H]1C[C@H](C(=O)N2CCN(c3ncccn3)CC2)C[C@H]1O. The number of carbonyl (C=O) groups excluding carboxylic acids is 1. The molecule has 0 spiro atoms. The molecule has 1 saturated carbocycles. The van der Waals surface area contributed by atoms with Gasteiger partial charge in [0.25, 0.3) is 0 Å². The highest BCUT2D eigenvalue weighted by Gasteiger charge is 2.37. The summed E-state index contributed by atoms with van der Waals surface area (Å²) in [6.07, 6.45) is 3.98. The predicted octanol–water partition coefficient (Wildman–Crippen LogP) is 0.0670. The zero-order valence-electron chi connectivity index (χ0n) is 12.7. The van der Waals surface area contributed by atoms with Crippen molar-refractivity contribution in [2.45, 2.75) is 25.0 Å². The van der Waals surface area contributed by atoms with Crippen LogP contribution in [0, 0.1) is 5.92 Å². The smallest absolute Gasteiger partial charge is 0.225 e. The average molecular weight is 364 g/mol. The fraction of sp³-hybridized carbons (Fsp3) is 0.643. The van der Waals surface area contributed by atoms with Crippen LogP contribution in [-0.2, 0) is 4.79 Å². The van der Waals surface area contributed by atoms with Crippen molar-refractivity contribution in [1.82, 2.24) is 14.9 Å². The van der Waals surface area contributed by atoms with E-state index in [9.17, 15) is 9.90 Å². The van der Waals surface area contributed by atoms with Crippen molar-refractivity contribution in [1.29, 1.82) is 0 Å². The maximum Gasteiger partial charge on any atom is 0.225 e. The first-order valence-electron chi connectivity index (χ1n) is 7.39. The maximum absolute atomic E-state index is 12.4. The number of carbonyl (C=O) groups is 1. The Kier molecular flexibility index (Phi) is 7.47. The summed E-state index contributed by atoms with van der Waals surface area (Å²) in [6.45, 7) is 2.80. The second kappa shape index (κ2) is 8.63. The van der Waals surface area contributed by atoms with Crippen LogP contribution in [0.25, 0.3) is 0 Å². The number of nitrogens with zero attached hydrogens (tertiary/aromatic N) is 4. The van der Waals surface area contributed by atoms with Gasteiger partial charge in [0, 0.05) is 50.5 Å². The zero-order chi connectivity index (χ0) is 14.8. The molecule has 2 heterocycles. The van der Waals surface area contributed by atoms with Crippen LogP contribution in [0.3, 0.4) is 0 Å². The topological polar surface area (TPSA) is 95.6 Å². The van der Waals surface area contributed by atoms with E-state index in [-0.39, 0.29) is 42.7 Å². The van der Waals surface area contributed by atoms with Gasteiger partial charge in [0.05, 0.1) is 6.10 Å². The standard InChI is InChI=1S/C14H21N5O2.2ClH/c15-11-8-10(9-12(11)20)13(21)18-4-6-19(7-5-18)14-16-2-1-3-17-14;;/h1-3,10-12,20H,4-9,15H2;2*1H/t10-,11+,12+;;/m0../s1. The van der Waals surface area contributed by atoms with Gasteiger partial charge >= 0.3 is 0 Å². The first-order valence-corrected chi connectivity index (χ1v) is 7.39. The Balaban J connectivity index is 0.00000132. The number of hydrogen-bond donors (Lipinski definition) is 2. The molecule has 1 saturated heterocycles. The van der Waals surface area contributed by atoms with Crippen LogP contribution in [0.15, 0.2) is 18.5 Å². The van der Waals surface area contributed by atoms with Crippen LogP contribution in [0.5, 0.6) is 0 Å². The fourth-order valence-electron chi connectivity index (χ4n) is 3.09. The molecule has 3 atom stereocenters. The normalized spacial score (nSPS) is 27.1. The second-order valence-electron chi connectivity index (χ2n) is 5.76. The molecule has 1 aliphatic carbocycles. The van der Waals surface area contributed by atoms with Crippen molar-refractivity contribution in [2.24, 2.45) is 11.7 Å². The molecule has 23 heavy (non-hydrogen) atoms. The van der Waals surface area contributed by atoms with E-state index in [1.807, 2.05) is 4.90 Å². The number of rotatable bonds is 2. The van der Waals surface area contributed by atoms with Gasteiger partial charge in [-0.2, -0.15) is 0 Å². The third-order valence-electron chi connectivity index (χ3n) is 4.35. The molecule has 2 fully saturated rings. The molecule has 130 valence electrons. The number of aliphatic hydroxyl groups excluding tert-OH is 1. The van der Waals surface area contributed by atoms with Crippen molar-refractivity contribution in [3.63, 3.8) is 0 Å². The Morgan fingerprint density at radius 2 is 1.74 bits per heavy atom. The highest BCUT2D eigenvalue weighted by molar-refractivity contribution is 5.85. The first kappa shape index (κ1) is 19.9. The molecule has 7 nitrogen and oxygen atoms in total. The number of amides is 1. The van der Waals surface area contributed by atoms with Crippen LogP contribution >= 0.6 is 24.8 Å². The third kappa shape index (κ3) is 4.44. The van der Waals surface area contributed by atoms with Crippen LogP contribution in [-0.4, -0.2) is 64.2 Å². The molecule has 0 aromatic carbocycles. The lowest BCUT2D eigenvalue weighted by atomic mass is 10.1. The molecule has 1 aromatic heterocycles. The number of aliphatic hydroxyl groups is 1. The number of halogens is 2. The third-order valence-corrected chi connectivity index (χ3v) is 4.35. The van der Waals surface area contributed by atoms with E-state index in [2.05, 4.69) is 14.9 Å². The highest BCUT2D eigenvalue weighted by atomic mass is 35.5. The van der Waals surface area contributed by atoms with E-state index in [1.54, 1.807) is 18.5 Å². The largest absolute Gasteiger partial charge is 0.391 e. The van der Waals surface area contributed by atoms with E-state index >= 15 is 0 Å². The number of anilines is 1. The second-order valence-corrected chi connectivity index (χ2v) is 5.76. The van der Waals surface area contributed by atoms with Crippen molar-refractivity contribution >= 4 is 36.7 Å². The first-order chi connectivity index (χ1) is 10.1. The van der Waals surface area contributed by atoms with Crippen molar-refractivity contribution in [3.8, 4) is 0 Å². The van der Waals surface area contributed by atoms with Gasteiger partial charge in [-0.15, -0.1) is 24.8 Å². The molecule has 0 bridgehead atoms. The lowest BCUT2D eigenvalue weighted by molar-refractivity contribution is -0.135. The number of aromatic nitrogens is 2. The van der Waals surface area contributed by atoms with Gasteiger partial charge in [-0.05, 0) is 18.9 Å². The molecule has 0 unspecified atom stereocenters. The lowest BCUT2D eigenvalue weighted by Crippen LogP contribution is -2.50. The van der Waals surface area contributed by atoms with Crippen LogP contribution < -0.4 is 10.6 Å². The number of piperazine rings is 1. The molecule has 0 radical (unpaired) electrons. The van der Waals surface area contributed by atoms with Crippen LogP contribution in [0.4, 0.5) is 5.95 Å². The summed E-state index contributed by atoms with van der Waals surface area (Å²) < 4.78 is 0. The lowest BCUT2D eigenvalue weighted by Gasteiger charge is -2.35. The summed E-state index contributed by atoms with van der Waals surface area (Å²) in [5.41, 5.74) is 5.79. The van der Waals surface area contributed by atoms with Gasteiger partial charge < -0.3 is 20.6 Å². The Labute approximate surface area is 148 Å². The Morgan fingerprint density at radius 1 is 1.13 bits per heavy atom. The summed E-state index contributed by atoms with van der Waals surface area (Å²) in [4.78, 5) is 24.9. The quantitative estimate of drug-likeness (QED) is 0.771. The van der Waals surface area contributed by atoms with Crippen molar-refractivity contribution in [3.05, 3.63) is 18.5 Å². The molecule has 3 rings (SSSR count). The summed E-state index contributed by atoms with van der Waals surface area (Å²) in [6, 6.07) is 1.52. The molecule has 9 heteroatoms. The van der Waals surface area contributed by atoms with Gasteiger partial charge in [0.15, 0.2) is 0 Å². The minimum atomic E-state index is -0.544. The molecule has 2 aliphatic rings. The van der Waals surface area contributed by atoms with Crippen molar-refractivity contribution in [2.75, 3.05) is 31.1 Å². The maximum atomic E-state index is 12.4. The predicted molar refractivity (Wildman–Crippen MR) is 92.0 cm³/mol. The summed E-state index contributed by atoms with van der Waals surface area (Å²) in [5.74, 6) is 0.702. The monoisotopic (exact) mass is 363 g/mol. The van der Waals surface area contributed by atoms with E-state index in [0.717, 1.165) is 13.1 Å². The van der Waals surface area contributed by atoms with E-state index < -0.39 is 6.10 Å². The van der Waals surface area contributed by atoms with Crippen LogP contribution in [0.2, 0.25) is 0 Å². The molecule has 1 amide bonds. The molecular formula is C14H23Cl2N5O2. The van der Waals surface area contributed by atoms with Gasteiger partial charge in [-0.25, -0.2) is 9.97 Å². The fourth-order valence-corrected chi connectivity index (χ4v) is 3.09.